The number of benzene rings is 2. The van der Waals surface area contributed by atoms with Gasteiger partial charge in [-0.25, -0.2) is 9.18 Å². The van der Waals surface area contributed by atoms with Crippen LogP contribution < -0.4 is 10.6 Å². The molecule has 142 valence electrons. The van der Waals surface area contributed by atoms with Crippen LogP contribution in [0.25, 0.3) is 11.1 Å². The second-order valence-electron chi connectivity index (χ2n) is 7.76. The summed E-state index contributed by atoms with van der Waals surface area (Å²) in [7, 11) is 0. The first-order valence-corrected chi connectivity index (χ1v) is 9.63. The molecule has 2 N–H and O–H groups in total. The van der Waals surface area contributed by atoms with Crippen LogP contribution in [0.3, 0.4) is 0 Å². The molecule has 4 rings (SSSR count). The van der Waals surface area contributed by atoms with Gasteiger partial charge in [-0.05, 0) is 67.9 Å². The van der Waals surface area contributed by atoms with Crippen molar-refractivity contribution >= 4 is 11.8 Å². The third-order valence-corrected chi connectivity index (χ3v) is 5.57. The van der Waals surface area contributed by atoms with Gasteiger partial charge in [0.15, 0.2) is 0 Å². The minimum absolute atomic E-state index is 0.304. The first-order valence-electron chi connectivity index (χ1n) is 9.63. The maximum atomic E-state index is 13.6. The van der Waals surface area contributed by atoms with Crippen molar-refractivity contribution in [2.75, 3.05) is 11.9 Å². The molecule has 2 bridgehead atoms. The highest BCUT2D eigenvalue weighted by Crippen LogP contribution is 2.32. The van der Waals surface area contributed by atoms with Crippen LogP contribution in [0.4, 0.5) is 14.9 Å². The van der Waals surface area contributed by atoms with Gasteiger partial charge in [0.2, 0.25) is 0 Å². The van der Waals surface area contributed by atoms with Gasteiger partial charge < -0.3 is 10.1 Å². The molecule has 2 unspecified atom stereocenters. The van der Waals surface area contributed by atoms with E-state index in [9.17, 15) is 9.18 Å². The number of hydrogen-bond donors (Lipinski definition) is 2. The van der Waals surface area contributed by atoms with Crippen LogP contribution in [-0.2, 0) is 4.74 Å². The van der Waals surface area contributed by atoms with Crippen LogP contribution in [0, 0.1) is 18.7 Å². The average molecular weight is 368 g/mol. The zero-order valence-corrected chi connectivity index (χ0v) is 15.5. The van der Waals surface area contributed by atoms with Gasteiger partial charge in [0.05, 0.1) is 12.3 Å². The molecule has 27 heavy (non-hydrogen) atoms. The van der Waals surface area contributed by atoms with E-state index in [0.717, 1.165) is 29.5 Å². The zero-order chi connectivity index (χ0) is 18.8. The number of ether oxygens (including phenoxy) is 1. The van der Waals surface area contributed by atoms with E-state index in [0.29, 0.717) is 30.3 Å². The van der Waals surface area contributed by atoms with Crippen molar-refractivity contribution in [2.24, 2.45) is 5.92 Å². The molecule has 0 saturated carbocycles. The molecule has 2 fully saturated rings. The van der Waals surface area contributed by atoms with Crippen LogP contribution in [-0.4, -0.2) is 24.8 Å². The van der Waals surface area contributed by atoms with Gasteiger partial charge >= 0.3 is 6.09 Å². The lowest BCUT2D eigenvalue weighted by atomic mass is 9.93. The van der Waals surface area contributed by atoms with Crippen molar-refractivity contribution < 1.29 is 13.9 Å². The fourth-order valence-electron chi connectivity index (χ4n) is 4.32. The highest BCUT2D eigenvalue weighted by atomic mass is 19.1. The molecule has 2 saturated heterocycles. The number of carbonyl (C=O) groups excluding carboxylic acids is 1. The SMILES string of the molecule is Cc1ccc(-c2cccc(F)c2)c(NC(=O)OCC2CC3CCC(C2)N3)c1. The lowest BCUT2D eigenvalue weighted by Gasteiger charge is -2.28. The lowest BCUT2D eigenvalue weighted by Crippen LogP contribution is -2.39. The molecular formula is C22H25FN2O2. The van der Waals surface area contributed by atoms with Gasteiger partial charge in [-0.2, -0.15) is 0 Å². The highest BCUT2D eigenvalue weighted by molar-refractivity contribution is 5.91. The lowest BCUT2D eigenvalue weighted by molar-refractivity contribution is 0.122. The fourth-order valence-corrected chi connectivity index (χ4v) is 4.32. The fraction of sp³-hybridized carbons (Fsp3) is 0.409. The summed E-state index contributed by atoms with van der Waals surface area (Å²) in [4.78, 5) is 12.4. The maximum Gasteiger partial charge on any atom is 0.411 e. The third-order valence-electron chi connectivity index (χ3n) is 5.57. The van der Waals surface area contributed by atoms with Gasteiger partial charge in [-0.15, -0.1) is 0 Å². The third kappa shape index (κ3) is 4.30. The van der Waals surface area contributed by atoms with E-state index < -0.39 is 6.09 Å². The quantitative estimate of drug-likeness (QED) is 0.809. The van der Waals surface area contributed by atoms with E-state index in [2.05, 4.69) is 10.6 Å². The topological polar surface area (TPSA) is 50.4 Å². The number of fused-ring (bicyclic) bond motifs is 2. The summed E-state index contributed by atoms with van der Waals surface area (Å²) in [6.45, 7) is 2.40. The predicted octanol–water partition coefficient (Wildman–Crippen LogP) is 4.88. The minimum atomic E-state index is -0.455. The van der Waals surface area contributed by atoms with Crippen LogP contribution in [0.2, 0.25) is 0 Å². The van der Waals surface area contributed by atoms with Crippen molar-refractivity contribution in [3.8, 4) is 11.1 Å². The number of aryl methyl sites for hydroxylation is 1. The number of rotatable bonds is 4. The smallest absolute Gasteiger partial charge is 0.411 e. The highest BCUT2D eigenvalue weighted by Gasteiger charge is 2.33. The Labute approximate surface area is 159 Å². The molecule has 2 aliphatic heterocycles. The van der Waals surface area contributed by atoms with E-state index in [1.54, 1.807) is 6.07 Å². The Kier molecular flexibility index (Phi) is 5.12. The summed E-state index contributed by atoms with van der Waals surface area (Å²) in [5, 5.41) is 6.45. The van der Waals surface area contributed by atoms with Gasteiger partial charge in [-0.1, -0.05) is 24.3 Å². The van der Waals surface area contributed by atoms with E-state index in [4.69, 9.17) is 4.74 Å². The molecular weight excluding hydrogens is 343 g/mol. The first kappa shape index (κ1) is 18.0. The summed E-state index contributed by atoms with van der Waals surface area (Å²) in [5.41, 5.74) is 3.15. The van der Waals surface area contributed by atoms with Gasteiger partial charge in [-0.3, -0.25) is 5.32 Å². The predicted molar refractivity (Wildman–Crippen MR) is 104 cm³/mol. The minimum Gasteiger partial charge on any atom is -0.449 e. The van der Waals surface area contributed by atoms with Crippen molar-refractivity contribution in [3.05, 3.63) is 53.8 Å². The Balaban J connectivity index is 1.42. The molecule has 0 spiro atoms. The van der Waals surface area contributed by atoms with Crippen molar-refractivity contribution in [1.82, 2.24) is 5.32 Å². The number of amides is 1. The van der Waals surface area contributed by atoms with E-state index in [1.165, 1.54) is 25.0 Å². The Morgan fingerprint density at radius 1 is 1.19 bits per heavy atom. The van der Waals surface area contributed by atoms with Gasteiger partial charge in [0.25, 0.3) is 0 Å². The molecule has 0 radical (unpaired) electrons. The molecule has 2 heterocycles. The Morgan fingerprint density at radius 3 is 2.70 bits per heavy atom. The summed E-state index contributed by atoms with van der Waals surface area (Å²) < 4.78 is 19.1. The van der Waals surface area contributed by atoms with E-state index in [-0.39, 0.29) is 5.82 Å². The Bertz CT molecular complexity index is 827. The second kappa shape index (κ2) is 7.69. The number of halogens is 1. The summed E-state index contributed by atoms with van der Waals surface area (Å²) in [6.07, 6.45) is 4.15. The molecule has 2 aromatic rings. The van der Waals surface area contributed by atoms with Gasteiger partial charge in [0, 0.05) is 17.6 Å². The van der Waals surface area contributed by atoms with Crippen LogP contribution >= 0.6 is 0 Å². The van der Waals surface area contributed by atoms with Crippen molar-refractivity contribution in [1.29, 1.82) is 0 Å². The number of carbonyl (C=O) groups is 1. The number of piperidine rings is 1. The first-order chi connectivity index (χ1) is 13.1. The molecule has 2 atom stereocenters. The normalized spacial score (nSPS) is 23.9. The molecule has 4 nitrogen and oxygen atoms in total. The maximum absolute atomic E-state index is 13.6. The average Bonchev–Trinajstić information content (AvgIpc) is 2.98. The molecule has 2 aromatic carbocycles. The molecule has 0 aromatic heterocycles. The van der Waals surface area contributed by atoms with E-state index >= 15 is 0 Å². The Morgan fingerprint density at radius 2 is 1.96 bits per heavy atom. The number of hydrogen-bond acceptors (Lipinski definition) is 3. The summed E-state index contributed by atoms with van der Waals surface area (Å²) >= 11 is 0. The van der Waals surface area contributed by atoms with Crippen LogP contribution in [0.15, 0.2) is 42.5 Å². The van der Waals surface area contributed by atoms with Crippen LogP contribution in [0.1, 0.15) is 31.2 Å². The largest absolute Gasteiger partial charge is 0.449 e. The summed E-state index contributed by atoms with van der Waals surface area (Å²) in [6, 6.07) is 13.2. The van der Waals surface area contributed by atoms with Crippen LogP contribution in [0.5, 0.6) is 0 Å². The monoisotopic (exact) mass is 368 g/mol. The Hall–Kier alpha value is -2.40. The molecule has 2 aliphatic rings. The zero-order valence-electron chi connectivity index (χ0n) is 15.5. The van der Waals surface area contributed by atoms with Gasteiger partial charge in [0.1, 0.15) is 5.82 Å². The summed E-state index contributed by atoms with van der Waals surface area (Å²) in [5.74, 6) is 0.122. The molecule has 1 amide bonds. The second-order valence-corrected chi connectivity index (χ2v) is 7.76. The standard InChI is InChI=1S/C22H25FN2O2/c1-14-5-8-20(16-3-2-4-17(23)12-16)21(9-14)25-22(26)27-13-15-10-18-6-7-19(11-15)24-18/h2-5,8-9,12,15,18-19,24H,6-7,10-11,13H2,1H3,(H,25,26). The number of anilines is 1. The molecule has 0 aliphatic carbocycles. The molecule has 5 heteroatoms. The van der Waals surface area contributed by atoms with Crippen molar-refractivity contribution in [2.45, 2.75) is 44.7 Å². The van der Waals surface area contributed by atoms with E-state index in [1.807, 2.05) is 31.2 Å². The number of nitrogens with one attached hydrogen (secondary N) is 2. The van der Waals surface area contributed by atoms with Crippen molar-refractivity contribution in [3.63, 3.8) is 0 Å².